The maximum absolute atomic E-state index is 13.6. The van der Waals surface area contributed by atoms with Gasteiger partial charge in [-0.15, -0.1) is 9.24 Å². The summed E-state index contributed by atoms with van der Waals surface area (Å²) in [6, 6.07) is 5.46. The Hall–Kier alpha value is -3.06. The molecule has 30 heavy (non-hydrogen) atoms. The molecule has 2 atom stereocenters. The van der Waals surface area contributed by atoms with Gasteiger partial charge in [0, 0.05) is 13.1 Å². The van der Waals surface area contributed by atoms with Gasteiger partial charge < -0.3 is 15.3 Å². The molecule has 3 heterocycles. The predicted molar refractivity (Wildman–Crippen MR) is 123 cm³/mol. The lowest BCUT2D eigenvalue weighted by atomic mass is 10.1. The zero-order valence-corrected chi connectivity index (χ0v) is 18.4. The van der Waals surface area contributed by atoms with Crippen LogP contribution in [-0.4, -0.2) is 42.7 Å². The Labute approximate surface area is 176 Å². The number of imidazole rings is 1. The third-order valence-corrected chi connectivity index (χ3v) is 5.68. The van der Waals surface area contributed by atoms with Gasteiger partial charge in [-0.1, -0.05) is 19.1 Å². The quantitative estimate of drug-likeness (QED) is 0.438. The topological polar surface area (TPSA) is 105 Å². The van der Waals surface area contributed by atoms with Crippen molar-refractivity contribution in [3.05, 3.63) is 47.0 Å². The van der Waals surface area contributed by atoms with Crippen LogP contribution in [-0.2, 0) is 0 Å². The number of hydrogen-bond acceptors (Lipinski definition) is 7. The zero-order chi connectivity index (χ0) is 21.3. The lowest BCUT2D eigenvalue weighted by Gasteiger charge is -2.29. The molecule has 156 valence electrons. The maximum Gasteiger partial charge on any atom is 0.280 e. The van der Waals surface area contributed by atoms with Gasteiger partial charge in [0.05, 0.1) is 23.3 Å². The minimum atomic E-state index is -0.239. The smallest absolute Gasteiger partial charge is 0.280 e. The summed E-state index contributed by atoms with van der Waals surface area (Å²) in [7, 11) is 2.64. The van der Waals surface area contributed by atoms with Gasteiger partial charge in [0.25, 0.3) is 5.56 Å². The first-order chi connectivity index (χ1) is 14.6. The van der Waals surface area contributed by atoms with E-state index in [4.69, 9.17) is 4.98 Å². The van der Waals surface area contributed by atoms with Crippen LogP contribution in [0.25, 0.3) is 22.1 Å². The first-order valence-electron chi connectivity index (χ1n) is 10.1. The number of H-pyrrole nitrogens is 1. The molecule has 0 fully saturated rings. The van der Waals surface area contributed by atoms with Crippen LogP contribution in [0.3, 0.4) is 0 Å². The fourth-order valence-corrected chi connectivity index (χ4v) is 4.04. The first-order valence-corrected chi connectivity index (χ1v) is 10.6. The van der Waals surface area contributed by atoms with Crippen LogP contribution < -0.4 is 21.2 Å². The Morgan fingerprint density at radius 3 is 2.73 bits per heavy atom. The average molecular weight is 424 g/mol. The Bertz CT molecular complexity index is 1250. The van der Waals surface area contributed by atoms with Crippen molar-refractivity contribution in [3.8, 4) is 0 Å². The number of nitrogens with one attached hydrogen (secondary N) is 2. The van der Waals surface area contributed by atoms with E-state index in [9.17, 15) is 4.79 Å². The van der Waals surface area contributed by atoms with Gasteiger partial charge in [-0.05, 0) is 31.6 Å². The van der Waals surface area contributed by atoms with Crippen LogP contribution in [0.2, 0.25) is 0 Å². The maximum atomic E-state index is 13.6. The van der Waals surface area contributed by atoms with E-state index in [0.717, 1.165) is 10.8 Å². The van der Waals surface area contributed by atoms with Crippen LogP contribution in [0, 0.1) is 0 Å². The number of hydrogen-bond donors (Lipinski definition) is 2. The fraction of sp³-hybridized carbons (Fsp3) is 0.350. The van der Waals surface area contributed by atoms with Crippen LogP contribution >= 0.6 is 9.24 Å². The summed E-state index contributed by atoms with van der Waals surface area (Å²) in [4.78, 5) is 34.3. The van der Waals surface area contributed by atoms with Crippen LogP contribution in [0.1, 0.15) is 39.1 Å². The molecule has 0 saturated carbocycles. The summed E-state index contributed by atoms with van der Waals surface area (Å²) in [5, 5.41) is 6.90. The SMILES string of the molecule is CCC(Nc1ncnc2nc[nH]c12)c1nc2cccc(P)c2c(=O)n1N(CC)CC. The Balaban J connectivity index is 1.91. The lowest BCUT2D eigenvalue weighted by molar-refractivity contribution is 0.531. The predicted octanol–water partition coefficient (Wildman–Crippen LogP) is 2.10. The number of aromatic nitrogens is 6. The molecule has 1 aromatic carbocycles. The van der Waals surface area contributed by atoms with E-state index < -0.39 is 0 Å². The van der Waals surface area contributed by atoms with Crippen molar-refractivity contribution in [1.82, 2.24) is 29.6 Å². The van der Waals surface area contributed by atoms with E-state index in [-0.39, 0.29) is 11.6 Å². The first kappa shape index (κ1) is 20.2. The molecule has 4 rings (SSSR count). The third-order valence-electron chi connectivity index (χ3n) is 5.20. The summed E-state index contributed by atoms with van der Waals surface area (Å²) in [5.74, 6) is 1.28. The highest BCUT2D eigenvalue weighted by atomic mass is 31.0. The molecule has 0 bridgehead atoms. The van der Waals surface area contributed by atoms with Gasteiger partial charge in [-0.3, -0.25) is 4.79 Å². The van der Waals surface area contributed by atoms with E-state index in [1.165, 1.54) is 6.33 Å². The van der Waals surface area contributed by atoms with E-state index in [1.54, 1.807) is 11.0 Å². The summed E-state index contributed by atoms with van der Waals surface area (Å²) in [6.07, 6.45) is 3.77. The fourth-order valence-electron chi connectivity index (χ4n) is 3.66. The molecule has 4 aromatic rings. The molecule has 0 aliphatic heterocycles. The molecule has 2 unspecified atom stereocenters. The van der Waals surface area contributed by atoms with Gasteiger partial charge in [0.1, 0.15) is 11.8 Å². The summed E-state index contributed by atoms with van der Waals surface area (Å²) < 4.78 is 1.71. The number of aromatic amines is 1. The van der Waals surface area contributed by atoms with Gasteiger partial charge >= 0.3 is 0 Å². The largest absolute Gasteiger partial charge is 0.358 e. The van der Waals surface area contributed by atoms with Gasteiger partial charge in [0.15, 0.2) is 17.3 Å². The molecule has 0 aliphatic rings. The van der Waals surface area contributed by atoms with Crippen LogP contribution in [0.5, 0.6) is 0 Å². The van der Waals surface area contributed by atoms with Crippen molar-refractivity contribution < 1.29 is 0 Å². The Morgan fingerprint density at radius 2 is 2.00 bits per heavy atom. The standard InChI is InChI=1S/C20H25N8OP/c1-4-12(25-18-16-17(22-10-21-16)23-11-24-18)19-26-13-8-7-9-14(30)15(13)20(29)28(19)27(5-2)6-3/h7-12H,4-6,30H2,1-3H3,(H2,21,22,23,24,25). The second-order valence-corrected chi connectivity index (χ2v) is 7.52. The Kier molecular flexibility index (Phi) is 5.63. The van der Waals surface area contributed by atoms with Crippen molar-refractivity contribution in [2.75, 3.05) is 23.4 Å². The summed E-state index contributed by atoms with van der Waals surface area (Å²) >= 11 is 0. The van der Waals surface area contributed by atoms with Crippen molar-refractivity contribution in [1.29, 1.82) is 0 Å². The number of benzene rings is 1. The molecule has 0 spiro atoms. The molecular formula is C20H25N8OP. The second-order valence-electron chi connectivity index (χ2n) is 6.90. The molecule has 10 heteroatoms. The minimum absolute atomic E-state index is 0.0704. The zero-order valence-electron chi connectivity index (χ0n) is 17.3. The van der Waals surface area contributed by atoms with Crippen molar-refractivity contribution >= 4 is 42.4 Å². The molecule has 2 N–H and O–H groups in total. The summed E-state index contributed by atoms with van der Waals surface area (Å²) in [6.45, 7) is 7.49. The minimum Gasteiger partial charge on any atom is -0.358 e. The molecular weight excluding hydrogens is 399 g/mol. The average Bonchev–Trinajstić information content (AvgIpc) is 3.24. The highest BCUT2D eigenvalue weighted by Crippen LogP contribution is 2.24. The third kappa shape index (κ3) is 3.39. The lowest BCUT2D eigenvalue weighted by Crippen LogP contribution is -2.46. The molecule has 0 aliphatic carbocycles. The number of anilines is 1. The number of rotatable bonds is 7. The second kappa shape index (κ2) is 8.36. The number of nitrogens with zero attached hydrogens (tertiary/aromatic N) is 6. The molecule has 9 nitrogen and oxygen atoms in total. The molecule has 0 amide bonds. The van der Waals surface area contributed by atoms with Gasteiger partial charge in [-0.25, -0.2) is 24.6 Å². The molecule has 0 saturated heterocycles. The van der Waals surface area contributed by atoms with E-state index in [1.807, 2.05) is 37.1 Å². The van der Waals surface area contributed by atoms with Gasteiger partial charge in [-0.2, -0.15) is 0 Å². The molecule has 3 aromatic heterocycles. The highest BCUT2D eigenvalue weighted by molar-refractivity contribution is 7.28. The van der Waals surface area contributed by atoms with Crippen LogP contribution in [0.15, 0.2) is 35.6 Å². The monoisotopic (exact) mass is 424 g/mol. The Morgan fingerprint density at radius 1 is 1.20 bits per heavy atom. The highest BCUT2D eigenvalue weighted by Gasteiger charge is 2.23. The van der Waals surface area contributed by atoms with Crippen molar-refractivity contribution in [2.24, 2.45) is 0 Å². The van der Waals surface area contributed by atoms with Crippen molar-refractivity contribution in [3.63, 3.8) is 0 Å². The molecule has 0 radical (unpaired) electrons. The van der Waals surface area contributed by atoms with E-state index in [2.05, 4.69) is 41.4 Å². The van der Waals surface area contributed by atoms with E-state index >= 15 is 0 Å². The normalized spacial score (nSPS) is 12.4. The van der Waals surface area contributed by atoms with Gasteiger partial charge in [0.2, 0.25) is 0 Å². The van der Waals surface area contributed by atoms with E-state index in [0.29, 0.717) is 47.7 Å². The summed E-state index contributed by atoms with van der Waals surface area (Å²) in [5.41, 5.74) is 1.92. The van der Waals surface area contributed by atoms with Crippen molar-refractivity contribution in [2.45, 2.75) is 33.2 Å². The number of fused-ring (bicyclic) bond motifs is 2. The van der Waals surface area contributed by atoms with Crippen LogP contribution in [0.4, 0.5) is 5.82 Å².